The van der Waals surface area contributed by atoms with E-state index in [0.29, 0.717) is 19.0 Å². The van der Waals surface area contributed by atoms with Crippen LogP contribution < -0.4 is 5.32 Å². The van der Waals surface area contributed by atoms with Crippen molar-refractivity contribution in [2.45, 2.75) is 52.3 Å². The van der Waals surface area contributed by atoms with Gasteiger partial charge < -0.3 is 19.9 Å². The standard InChI is InChI=1S/C21H28N6O2/c1-21(2,3)29-20(28)27-8-5-14-10-23-19(25-18(14)13-27)24-16-9-15-12-26(4)7-6-17(15)22-11-16/h9-11H,5-8,12-13H2,1-4H3,(H,23,24,25). The summed E-state index contributed by atoms with van der Waals surface area (Å²) in [4.78, 5) is 30.1. The fourth-order valence-electron chi connectivity index (χ4n) is 3.61. The predicted molar refractivity (Wildman–Crippen MR) is 110 cm³/mol. The third-order valence-corrected chi connectivity index (χ3v) is 5.08. The smallest absolute Gasteiger partial charge is 0.410 e. The number of fused-ring (bicyclic) bond motifs is 2. The molecule has 1 amide bonds. The van der Waals surface area contributed by atoms with E-state index in [0.717, 1.165) is 48.6 Å². The summed E-state index contributed by atoms with van der Waals surface area (Å²) in [7, 11) is 2.12. The number of pyridine rings is 1. The fraction of sp³-hybridized carbons (Fsp3) is 0.524. The van der Waals surface area contributed by atoms with Crippen molar-refractivity contribution in [3.8, 4) is 0 Å². The first-order chi connectivity index (χ1) is 13.8. The molecule has 0 aliphatic carbocycles. The first-order valence-corrected chi connectivity index (χ1v) is 10.0. The largest absolute Gasteiger partial charge is 0.444 e. The Bertz CT molecular complexity index is 924. The molecule has 4 rings (SSSR count). The molecule has 2 aromatic rings. The summed E-state index contributed by atoms with van der Waals surface area (Å²) < 4.78 is 5.50. The Kier molecular flexibility index (Phi) is 5.12. The Morgan fingerprint density at radius 3 is 2.69 bits per heavy atom. The number of rotatable bonds is 2. The molecule has 29 heavy (non-hydrogen) atoms. The third kappa shape index (κ3) is 4.64. The van der Waals surface area contributed by atoms with Crippen LogP contribution in [-0.2, 0) is 30.7 Å². The van der Waals surface area contributed by atoms with Gasteiger partial charge in [-0.1, -0.05) is 0 Å². The Morgan fingerprint density at radius 1 is 1.07 bits per heavy atom. The number of amides is 1. The minimum absolute atomic E-state index is 0.306. The maximum Gasteiger partial charge on any atom is 0.410 e. The minimum atomic E-state index is -0.511. The van der Waals surface area contributed by atoms with Gasteiger partial charge in [0.1, 0.15) is 5.60 Å². The van der Waals surface area contributed by atoms with Crippen LogP contribution in [0.3, 0.4) is 0 Å². The molecule has 0 bridgehead atoms. The number of nitrogens with one attached hydrogen (secondary N) is 1. The molecule has 154 valence electrons. The lowest BCUT2D eigenvalue weighted by molar-refractivity contribution is 0.0220. The van der Waals surface area contributed by atoms with Crippen LogP contribution in [-0.4, -0.2) is 56.6 Å². The highest BCUT2D eigenvalue weighted by Gasteiger charge is 2.27. The molecular weight excluding hydrogens is 368 g/mol. The quantitative estimate of drug-likeness (QED) is 0.836. The molecule has 8 nitrogen and oxygen atoms in total. The van der Waals surface area contributed by atoms with Gasteiger partial charge in [0.2, 0.25) is 5.95 Å². The highest BCUT2D eigenvalue weighted by molar-refractivity contribution is 5.68. The van der Waals surface area contributed by atoms with Gasteiger partial charge in [-0.2, -0.15) is 0 Å². The van der Waals surface area contributed by atoms with Gasteiger partial charge in [0.05, 0.1) is 24.1 Å². The number of carbonyl (C=O) groups excluding carboxylic acids is 1. The predicted octanol–water partition coefficient (Wildman–Crippen LogP) is 2.90. The molecule has 0 radical (unpaired) electrons. The zero-order valence-corrected chi connectivity index (χ0v) is 17.5. The zero-order chi connectivity index (χ0) is 20.6. The van der Waals surface area contributed by atoms with Crippen LogP contribution in [0.5, 0.6) is 0 Å². The van der Waals surface area contributed by atoms with E-state index in [1.165, 1.54) is 5.56 Å². The van der Waals surface area contributed by atoms with E-state index in [9.17, 15) is 4.79 Å². The van der Waals surface area contributed by atoms with Gasteiger partial charge in [0.25, 0.3) is 0 Å². The molecule has 0 unspecified atom stereocenters. The Labute approximate surface area is 171 Å². The first-order valence-electron chi connectivity index (χ1n) is 10.0. The van der Waals surface area contributed by atoms with Crippen molar-refractivity contribution in [3.05, 3.63) is 41.0 Å². The van der Waals surface area contributed by atoms with Crippen molar-refractivity contribution < 1.29 is 9.53 Å². The van der Waals surface area contributed by atoms with Crippen LogP contribution in [0, 0.1) is 0 Å². The van der Waals surface area contributed by atoms with Crippen LogP contribution in [0.15, 0.2) is 18.5 Å². The number of aromatic nitrogens is 3. The lowest BCUT2D eigenvalue weighted by atomic mass is 10.1. The van der Waals surface area contributed by atoms with E-state index < -0.39 is 5.60 Å². The first kappa shape index (κ1) is 19.6. The van der Waals surface area contributed by atoms with E-state index >= 15 is 0 Å². The Balaban J connectivity index is 1.48. The van der Waals surface area contributed by atoms with Crippen molar-refractivity contribution in [2.75, 3.05) is 25.5 Å². The second-order valence-corrected chi connectivity index (χ2v) is 8.76. The summed E-state index contributed by atoms with van der Waals surface area (Å²) in [6.45, 7) is 8.59. The van der Waals surface area contributed by atoms with E-state index in [-0.39, 0.29) is 6.09 Å². The van der Waals surface area contributed by atoms with Gasteiger partial charge in [0, 0.05) is 37.9 Å². The number of hydrogen-bond acceptors (Lipinski definition) is 7. The summed E-state index contributed by atoms with van der Waals surface area (Å²) >= 11 is 0. The highest BCUT2D eigenvalue weighted by Crippen LogP contribution is 2.23. The topological polar surface area (TPSA) is 83.5 Å². The van der Waals surface area contributed by atoms with Gasteiger partial charge in [-0.15, -0.1) is 0 Å². The number of anilines is 2. The van der Waals surface area contributed by atoms with E-state index in [1.54, 1.807) is 4.90 Å². The molecule has 8 heteroatoms. The molecule has 4 heterocycles. The minimum Gasteiger partial charge on any atom is -0.444 e. The lowest BCUT2D eigenvalue weighted by Crippen LogP contribution is -2.40. The van der Waals surface area contributed by atoms with Crippen LogP contribution in [0.2, 0.25) is 0 Å². The SMILES string of the molecule is CN1CCc2ncc(Nc3ncc4c(n3)CN(C(=O)OC(C)(C)C)CC4)cc2C1. The third-order valence-electron chi connectivity index (χ3n) is 5.08. The number of nitrogens with zero attached hydrogens (tertiary/aromatic N) is 5. The summed E-state index contributed by atoms with van der Waals surface area (Å²) in [6.07, 6.45) is 5.07. The molecule has 1 N–H and O–H groups in total. The number of ether oxygens (including phenoxy) is 1. The van der Waals surface area contributed by atoms with Gasteiger partial charge in [-0.25, -0.2) is 14.8 Å². The van der Waals surface area contributed by atoms with Crippen molar-refractivity contribution in [3.63, 3.8) is 0 Å². The van der Waals surface area contributed by atoms with Gasteiger partial charge in [-0.05, 0) is 51.4 Å². The van der Waals surface area contributed by atoms with Crippen LogP contribution in [0.4, 0.5) is 16.4 Å². The maximum atomic E-state index is 12.4. The van der Waals surface area contributed by atoms with Gasteiger partial charge >= 0.3 is 6.09 Å². The second kappa shape index (κ2) is 7.59. The van der Waals surface area contributed by atoms with Gasteiger partial charge in [-0.3, -0.25) is 4.98 Å². The molecule has 0 saturated carbocycles. The number of carbonyl (C=O) groups is 1. The fourth-order valence-corrected chi connectivity index (χ4v) is 3.61. The van der Waals surface area contributed by atoms with Crippen LogP contribution in [0.1, 0.15) is 43.3 Å². The summed E-state index contributed by atoms with van der Waals surface area (Å²) in [5.74, 6) is 0.515. The lowest BCUT2D eigenvalue weighted by Gasteiger charge is -2.30. The molecule has 0 spiro atoms. The van der Waals surface area contributed by atoms with Crippen molar-refractivity contribution in [1.29, 1.82) is 0 Å². The molecule has 2 aromatic heterocycles. The maximum absolute atomic E-state index is 12.4. The number of hydrogen-bond donors (Lipinski definition) is 1. The molecule has 0 saturated heterocycles. The summed E-state index contributed by atoms with van der Waals surface area (Å²) in [5.41, 5.74) is 4.68. The zero-order valence-electron chi connectivity index (χ0n) is 17.5. The second-order valence-electron chi connectivity index (χ2n) is 8.76. The van der Waals surface area contributed by atoms with Crippen LogP contribution >= 0.6 is 0 Å². The van der Waals surface area contributed by atoms with Crippen molar-refractivity contribution in [2.24, 2.45) is 0 Å². The van der Waals surface area contributed by atoms with Gasteiger partial charge in [0.15, 0.2) is 0 Å². The van der Waals surface area contributed by atoms with Crippen molar-refractivity contribution >= 4 is 17.7 Å². The molecule has 0 fully saturated rings. The molecular formula is C21H28N6O2. The average Bonchev–Trinajstić information content (AvgIpc) is 2.66. The molecule has 2 aliphatic rings. The Hall–Kier alpha value is -2.74. The normalized spacial score (nSPS) is 16.8. The highest BCUT2D eigenvalue weighted by atomic mass is 16.6. The van der Waals surface area contributed by atoms with E-state index in [2.05, 4.69) is 38.3 Å². The summed E-state index contributed by atoms with van der Waals surface area (Å²) in [5, 5.41) is 3.26. The summed E-state index contributed by atoms with van der Waals surface area (Å²) in [6, 6.07) is 2.12. The van der Waals surface area contributed by atoms with E-state index in [1.807, 2.05) is 33.2 Å². The van der Waals surface area contributed by atoms with Crippen molar-refractivity contribution in [1.82, 2.24) is 24.8 Å². The molecule has 0 aromatic carbocycles. The van der Waals surface area contributed by atoms with Crippen LogP contribution in [0.25, 0.3) is 0 Å². The van der Waals surface area contributed by atoms with E-state index in [4.69, 9.17) is 4.74 Å². The Morgan fingerprint density at radius 2 is 1.90 bits per heavy atom. The average molecular weight is 396 g/mol. The number of likely N-dealkylation sites (N-methyl/N-ethyl adjacent to an activating group) is 1. The monoisotopic (exact) mass is 396 g/mol. The molecule has 0 atom stereocenters. The molecule has 2 aliphatic heterocycles.